The fraction of sp³-hybridized carbons (Fsp3) is 0.833. The predicted octanol–water partition coefficient (Wildman–Crippen LogP) is -1.02. The van der Waals surface area contributed by atoms with Crippen molar-refractivity contribution < 1.29 is 4.79 Å². The van der Waals surface area contributed by atoms with Gasteiger partial charge < -0.3 is 15.5 Å². The molecule has 0 aromatic carbocycles. The smallest absolute Gasteiger partial charge is 0.315 e. The lowest BCUT2D eigenvalue weighted by molar-refractivity contribution is 0.244. The predicted molar refractivity (Wildman–Crippen MR) is 36.7 cm³/mol. The lowest BCUT2D eigenvalue weighted by Gasteiger charge is -2.07. The monoisotopic (exact) mass is 141 g/mol. The fourth-order valence-corrected chi connectivity index (χ4v) is 1.67. The maximum absolute atomic E-state index is 10.7. The fourth-order valence-electron chi connectivity index (χ4n) is 1.67. The van der Waals surface area contributed by atoms with E-state index in [1.54, 1.807) is 0 Å². The SMILES string of the molecule is CN1CC2NC(=O)NC2C1. The number of amides is 2. The van der Waals surface area contributed by atoms with Gasteiger partial charge in [0.2, 0.25) is 0 Å². The van der Waals surface area contributed by atoms with Gasteiger partial charge in [0.25, 0.3) is 0 Å². The number of fused-ring (bicyclic) bond motifs is 1. The molecular weight excluding hydrogens is 130 g/mol. The second-order valence-electron chi connectivity index (χ2n) is 3.05. The van der Waals surface area contributed by atoms with Crippen LogP contribution in [0, 0.1) is 0 Å². The van der Waals surface area contributed by atoms with Crippen molar-refractivity contribution in [2.24, 2.45) is 0 Å². The van der Waals surface area contributed by atoms with Crippen molar-refractivity contribution in [1.82, 2.24) is 15.5 Å². The Morgan fingerprint density at radius 2 is 1.90 bits per heavy atom. The second-order valence-corrected chi connectivity index (χ2v) is 3.05. The molecule has 2 N–H and O–H groups in total. The molecular formula is C6H11N3O. The first-order chi connectivity index (χ1) is 4.75. The van der Waals surface area contributed by atoms with E-state index in [-0.39, 0.29) is 6.03 Å². The van der Waals surface area contributed by atoms with E-state index in [1.165, 1.54) is 0 Å². The van der Waals surface area contributed by atoms with E-state index >= 15 is 0 Å². The summed E-state index contributed by atoms with van der Waals surface area (Å²) >= 11 is 0. The average Bonchev–Trinajstić information content (AvgIpc) is 2.21. The summed E-state index contributed by atoms with van der Waals surface area (Å²) in [7, 11) is 2.06. The van der Waals surface area contributed by atoms with E-state index in [9.17, 15) is 4.79 Å². The molecule has 0 radical (unpaired) electrons. The molecule has 0 saturated carbocycles. The highest BCUT2D eigenvalue weighted by molar-refractivity contribution is 5.77. The van der Waals surface area contributed by atoms with Gasteiger partial charge in [-0.15, -0.1) is 0 Å². The zero-order valence-electron chi connectivity index (χ0n) is 5.92. The van der Waals surface area contributed by atoms with Crippen LogP contribution >= 0.6 is 0 Å². The summed E-state index contributed by atoms with van der Waals surface area (Å²) in [6.07, 6.45) is 0. The third-order valence-electron chi connectivity index (χ3n) is 2.14. The lowest BCUT2D eigenvalue weighted by atomic mass is 10.2. The number of carbonyl (C=O) groups excluding carboxylic acids is 1. The molecule has 4 nitrogen and oxygen atoms in total. The number of likely N-dealkylation sites (tertiary alicyclic amines) is 1. The lowest BCUT2D eigenvalue weighted by Crippen LogP contribution is -2.32. The summed E-state index contributed by atoms with van der Waals surface area (Å²) in [6, 6.07) is 0.679. The van der Waals surface area contributed by atoms with Gasteiger partial charge in [-0.05, 0) is 7.05 Å². The molecule has 2 saturated heterocycles. The molecule has 2 aliphatic rings. The largest absolute Gasteiger partial charge is 0.332 e. The number of hydrogen-bond donors (Lipinski definition) is 2. The molecule has 2 unspecified atom stereocenters. The molecule has 0 aromatic heterocycles. The first-order valence-electron chi connectivity index (χ1n) is 3.51. The highest BCUT2D eigenvalue weighted by Crippen LogP contribution is 2.11. The zero-order chi connectivity index (χ0) is 7.14. The Kier molecular flexibility index (Phi) is 1.11. The van der Waals surface area contributed by atoms with Gasteiger partial charge in [-0.3, -0.25) is 0 Å². The molecule has 56 valence electrons. The minimum Gasteiger partial charge on any atom is -0.332 e. The zero-order valence-corrected chi connectivity index (χ0v) is 5.92. The first kappa shape index (κ1) is 5.97. The highest BCUT2D eigenvalue weighted by Gasteiger charge is 2.37. The number of urea groups is 1. The summed E-state index contributed by atoms with van der Waals surface area (Å²) in [5, 5.41) is 5.71. The van der Waals surface area contributed by atoms with Crippen molar-refractivity contribution in [2.75, 3.05) is 20.1 Å². The number of nitrogens with zero attached hydrogens (tertiary/aromatic N) is 1. The van der Waals surface area contributed by atoms with E-state index in [4.69, 9.17) is 0 Å². The summed E-state index contributed by atoms with van der Waals surface area (Å²) in [4.78, 5) is 12.9. The second kappa shape index (κ2) is 1.85. The van der Waals surface area contributed by atoms with Gasteiger partial charge in [-0.1, -0.05) is 0 Å². The summed E-state index contributed by atoms with van der Waals surface area (Å²) in [5.74, 6) is 0. The number of carbonyl (C=O) groups is 1. The van der Waals surface area contributed by atoms with Crippen molar-refractivity contribution >= 4 is 6.03 Å². The third-order valence-corrected chi connectivity index (χ3v) is 2.14. The van der Waals surface area contributed by atoms with Gasteiger partial charge in [-0.25, -0.2) is 4.79 Å². The van der Waals surface area contributed by atoms with Gasteiger partial charge in [-0.2, -0.15) is 0 Å². The van der Waals surface area contributed by atoms with Crippen LogP contribution in [-0.4, -0.2) is 43.2 Å². The Morgan fingerprint density at radius 3 is 2.40 bits per heavy atom. The molecule has 0 spiro atoms. The van der Waals surface area contributed by atoms with Crippen molar-refractivity contribution in [3.05, 3.63) is 0 Å². The van der Waals surface area contributed by atoms with Crippen LogP contribution in [0.15, 0.2) is 0 Å². The molecule has 2 fully saturated rings. The van der Waals surface area contributed by atoms with E-state index < -0.39 is 0 Å². The number of hydrogen-bond acceptors (Lipinski definition) is 2. The van der Waals surface area contributed by atoms with Crippen LogP contribution in [0.2, 0.25) is 0 Å². The molecule has 2 aliphatic heterocycles. The Hall–Kier alpha value is -0.770. The van der Waals surface area contributed by atoms with Gasteiger partial charge >= 0.3 is 6.03 Å². The Morgan fingerprint density at radius 1 is 1.40 bits per heavy atom. The van der Waals surface area contributed by atoms with Crippen molar-refractivity contribution in [3.8, 4) is 0 Å². The van der Waals surface area contributed by atoms with Gasteiger partial charge in [0, 0.05) is 13.1 Å². The molecule has 0 bridgehead atoms. The molecule has 0 aromatic rings. The average molecular weight is 141 g/mol. The standard InChI is InChI=1S/C6H11N3O/c1-9-2-4-5(3-9)8-6(10)7-4/h4-5H,2-3H2,1H3,(H2,7,8,10). The molecule has 0 aliphatic carbocycles. The normalized spacial score (nSPS) is 39.1. The van der Waals surface area contributed by atoms with E-state index in [2.05, 4.69) is 22.6 Å². The summed E-state index contributed by atoms with van der Waals surface area (Å²) in [5.41, 5.74) is 0. The maximum atomic E-state index is 10.7. The number of rotatable bonds is 0. The molecule has 2 heterocycles. The van der Waals surface area contributed by atoms with Crippen molar-refractivity contribution in [1.29, 1.82) is 0 Å². The molecule has 2 rings (SSSR count). The number of likely N-dealkylation sites (N-methyl/N-ethyl adjacent to an activating group) is 1. The Labute approximate surface area is 59.6 Å². The first-order valence-corrected chi connectivity index (χ1v) is 3.51. The quantitative estimate of drug-likeness (QED) is 0.453. The van der Waals surface area contributed by atoms with Crippen LogP contribution in [0.4, 0.5) is 4.79 Å². The van der Waals surface area contributed by atoms with Gasteiger partial charge in [0.15, 0.2) is 0 Å². The van der Waals surface area contributed by atoms with E-state index in [0.29, 0.717) is 12.1 Å². The van der Waals surface area contributed by atoms with Crippen LogP contribution in [0.5, 0.6) is 0 Å². The topological polar surface area (TPSA) is 44.4 Å². The van der Waals surface area contributed by atoms with Crippen LogP contribution < -0.4 is 10.6 Å². The Balaban J connectivity index is 2.06. The van der Waals surface area contributed by atoms with Crippen LogP contribution in [-0.2, 0) is 0 Å². The molecule has 2 amide bonds. The molecule has 4 heteroatoms. The van der Waals surface area contributed by atoms with Crippen molar-refractivity contribution in [3.63, 3.8) is 0 Å². The number of nitrogens with one attached hydrogen (secondary N) is 2. The molecule has 10 heavy (non-hydrogen) atoms. The minimum atomic E-state index is -0.0110. The highest BCUT2D eigenvalue weighted by atomic mass is 16.2. The van der Waals surface area contributed by atoms with Crippen LogP contribution in [0.25, 0.3) is 0 Å². The van der Waals surface area contributed by atoms with E-state index in [1.807, 2.05) is 0 Å². The van der Waals surface area contributed by atoms with Gasteiger partial charge in [0.05, 0.1) is 12.1 Å². The van der Waals surface area contributed by atoms with Gasteiger partial charge in [0.1, 0.15) is 0 Å². The molecule has 2 atom stereocenters. The summed E-state index contributed by atoms with van der Waals surface area (Å²) < 4.78 is 0. The van der Waals surface area contributed by atoms with E-state index in [0.717, 1.165) is 13.1 Å². The van der Waals surface area contributed by atoms with Crippen molar-refractivity contribution in [2.45, 2.75) is 12.1 Å². The Bertz CT molecular complexity index is 154. The maximum Gasteiger partial charge on any atom is 0.315 e. The third kappa shape index (κ3) is 0.759. The minimum absolute atomic E-state index is 0.0110. The summed E-state index contributed by atoms with van der Waals surface area (Å²) in [6.45, 7) is 1.95. The van der Waals surface area contributed by atoms with Crippen LogP contribution in [0.3, 0.4) is 0 Å². The van der Waals surface area contributed by atoms with Crippen LogP contribution in [0.1, 0.15) is 0 Å².